The van der Waals surface area contributed by atoms with Crippen molar-refractivity contribution in [1.29, 1.82) is 0 Å². The van der Waals surface area contributed by atoms with Gasteiger partial charge in [0.15, 0.2) is 0 Å². The van der Waals surface area contributed by atoms with Gasteiger partial charge in [-0.1, -0.05) is 6.07 Å². The van der Waals surface area contributed by atoms with Crippen LogP contribution in [0.1, 0.15) is 34.6 Å². The zero-order chi connectivity index (χ0) is 16.2. The van der Waals surface area contributed by atoms with Crippen molar-refractivity contribution >= 4 is 34.5 Å². The summed E-state index contributed by atoms with van der Waals surface area (Å²) < 4.78 is 0. The van der Waals surface area contributed by atoms with Gasteiger partial charge in [-0.25, -0.2) is 4.98 Å². The van der Waals surface area contributed by atoms with Crippen LogP contribution in [0.25, 0.3) is 9.88 Å². The summed E-state index contributed by atoms with van der Waals surface area (Å²) in [5, 5.41) is 5.83. The first-order chi connectivity index (χ1) is 11.1. The number of thiophene rings is 1. The molecule has 0 aliphatic carbocycles. The van der Waals surface area contributed by atoms with Crippen molar-refractivity contribution in [2.75, 3.05) is 19.6 Å². The van der Waals surface area contributed by atoms with Crippen molar-refractivity contribution in [3.8, 4) is 9.88 Å². The van der Waals surface area contributed by atoms with Gasteiger partial charge in [0.2, 0.25) is 5.91 Å². The minimum Gasteiger partial charge on any atom is -0.351 e. The highest BCUT2D eigenvalue weighted by Crippen LogP contribution is 2.30. The molecule has 5 nitrogen and oxygen atoms in total. The summed E-state index contributed by atoms with van der Waals surface area (Å²) in [6.07, 6.45) is 2.40. The third-order valence-electron chi connectivity index (χ3n) is 3.80. The molecule has 0 radical (unpaired) electrons. The average molecular weight is 349 g/mol. The van der Waals surface area contributed by atoms with E-state index in [0.717, 1.165) is 41.5 Å². The van der Waals surface area contributed by atoms with Crippen molar-refractivity contribution < 1.29 is 9.59 Å². The second-order valence-electron chi connectivity index (χ2n) is 5.50. The van der Waals surface area contributed by atoms with Crippen LogP contribution in [-0.4, -0.2) is 41.3 Å². The first-order valence-electron chi connectivity index (χ1n) is 7.72. The van der Waals surface area contributed by atoms with Crippen molar-refractivity contribution in [3.05, 3.63) is 28.1 Å². The van der Waals surface area contributed by atoms with Crippen molar-refractivity contribution in [3.63, 3.8) is 0 Å². The van der Waals surface area contributed by atoms with Crippen LogP contribution in [0.5, 0.6) is 0 Å². The Hall–Kier alpha value is -1.73. The minimum absolute atomic E-state index is 0.0736. The lowest BCUT2D eigenvalue weighted by atomic mass is 10.3. The number of aromatic nitrogens is 1. The zero-order valence-corrected chi connectivity index (χ0v) is 14.6. The fourth-order valence-corrected chi connectivity index (χ4v) is 4.38. The van der Waals surface area contributed by atoms with Crippen LogP contribution in [0.4, 0.5) is 0 Å². The first kappa shape index (κ1) is 16.1. The molecule has 2 aromatic rings. The van der Waals surface area contributed by atoms with Crippen molar-refractivity contribution in [2.45, 2.75) is 26.2 Å². The Kier molecular flexibility index (Phi) is 5.07. The fourth-order valence-electron chi connectivity index (χ4n) is 2.61. The molecule has 2 aromatic heterocycles. The van der Waals surface area contributed by atoms with E-state index in [0.29, 0.717) is 17.8 Å². The van der Waals surface area contributed by atoms with Crippen LogP contribution in [0.3, 0.4) is 0 Å². The highest BCUT2D eigenvalue weighted by Gasteiger charge is 2.20. The SMILES string of the molecule is Cc1nc(-c2cccs2)sc1C(=O)NCCCN1CCCC1=O. The van der Waals surface area contributed by atoms with Gasteiger partial charge < -0.3 is 10.2 Å². The first-order valence-corrected chi connectivity index (χ1v) is 9.42. The number of hydrogen-bond donors (Lipinski definition) is 1. The van der Waals surface area contributed by atoms with Gasteiger partial charge in [-0.2, -0.15) is 0 Å². The number of thiazole rings is 1. The number of likely N-dealkylation sites (tertiary alicyclic amines) is 1. The third-order valence-corrected chi connectivity index (χ3v) is 5.99. The summed E-state index contributed by atoms with van der Waals surface area (Å²) in [7, 11) is 0. The predicted octanol–water partition coefficient (Wildman–Crippen LogP) is 2.92. The highest BCUT2D eigenvalue weighted by atomic mass is 32.1. The van der Waals surface area contributed by atoms with E-state index >= 15 is 0 Å². The number of aryl methyl sites for hydroxylation is 1. The van der Waals surface area contributed by atoms with Gasteiger partial charge in [0.1, 0.15) is 9.88 Å². The zero-order valence-electron chi connectivity index (χ0n) is 13.0. The van der Waals surface area contributed by atoms with Gasteiger partial charge in [-0.3, -0.25) is 9.59 Å². The second-order valence-corrected chi connectivity index (χ2v) is 7.45. The summed E-state index contributed by atoms with van der Waals surface area (Å²) in [4.78, 5) is 31.9. The molecule has 0 aromatic carbocycles. The van der Waals surface area contributed by atoms with Gasteiger partial charge in [-0.15, -0.1) is 22.7 Å². The smallest absolute Gasteiger partial charge is 0.263 e. The lowest BCUT2D eigenvalue weighted by Crippen LogP contribution is -2.30. The van der Waals surface area contributed by atoms with Gasteiger partial charge in [0.05, 0.1) is 10.6 Å². The van der Waals surface area contributed by atoms with E-state index in [-0.39, 0.29) is 11.8 Å². The molecule has 1 aliphatic heterocycles. The number of amides is 2. The van der Waals surface area contributed by atoms with Crippen molar-refractivity contribution in [2.24, 2.45) is 0 Å². The Morgan fingerprint density at radius 2 is 2.35 bits per heavy atom. The molecule has 2 amide bonds. The number of rotatable bonds is 6. The molecule has 3 heterocycles. The van der Waals surface area contributed by atoms with E-state index in [1.165, 1.54) is 11.3 Å². The molecule has 122 valence electrons. The molecule has 3 rings (SSSR count). The minimum atomic E-state index is -0.0736. The molecule has 0 bridgehead atoms. The maximum atomic E-state index is 12.3. The predicted molar refractivity (Wildman–Crippen MR) is 92.9 cm³/mol. The van der Waals surface area contributed by atoms with Crippen LogP contribution < -0.4 is 5.32 Å². The normalized spacial score (nSPS) is 14.5. The summed E-state index contributed by atoms with van der Waals surface area (Å²) in [5.41, 5.74) is 0.769. The van der Waals surface area contributed by atoms with Crippen molar-refractivity contribution in [1.82, 2.24) is 15.2 Å². The van der Waals surface area contributed by atoms with E-state index in [9.17, 15) is 9.59 Å². The molecule has 0 atom stereocenters. The molecule has 1 fully saturated rings. The molecule has 0 unspecified atom stereocenters. The quantitative estimate of drug-likeness (QED) is 0.816. The van der Waals surface area contributed by atoms with Gasteiger partial charge >= 0.3 is 0 Å². The summed E-state index contributed by atoms with van der Waals surface area (Å²) in [5.74, 6) is 0.158. The molecule has 1 aliphatic rings. The standard InChI is InChI=1S/C16H19N3O2S2/c1-11-14(23-16(18-11)12-5-3-10-22-12)15(21)17-7-4-9-19-8-2-6-13(19)20/h3,5,10H,2,4,6-9H2,1H3,(H,17,21). The topological polar surface area (TPSA) is 62.3 Å². The highest BCUT2D eigenvalue weighted by molar-refractivity contribution is 7.22. The summed E-state index contributed by atoms with van der Waals surface area (Å²) in [6.45, 7) is 4.02. The molecule has 1 saturated heterocycles. The average Bonchev–Trinajstić information content (AvgIpc) is 3.24. The monoisotopic (exact) mass is 349 g/mol. The molecule has 1 N–H and O–H groups in total. The van der Waals surface area contributed by atoms with Crippen LogP contribution in [0, 0.1) is 6.92 Å². The maximum absolute atomic E-state index is 12.3. The molecular formula is C16H19N3O2S2. The van der Waals surface area contributed by atoms with Crippen LogP contribution >= 0.6 is 22.7 Å². The third kappa shape index (κ3) is 3.79. The largest absolute Gasteiger partial charge is 0.351 e. The van der Waals surface area contributed by atoms with E-state index in [1.54, 1.807) is 11.3 Å². The van der Waals surface area contributed by atoms with E-state index in [4.69, 9.17) is 0 Å². The number of carbonyl (C=O) groups is 2. The van der Waals surface area contributed by atoms with Gasteiger partial charge in [0.25, 0.3) is 5.91 Å². The van der Waals surface area contributed by atoms with Gasteiger partial charge in [-0.05, 0) is 31.2 Å². The van der Waals surface area contributed by atoms with Crippen LogP contribution in [-0.2, 0) is 4.79 Å². The van der Waals surface area contributed by atoms with Crippen LogP contribution in [0.15, 0.2) is 17.5 Å². The fraction of sp³-hybridized carbons (Fsp3) is 0.438. The number of nitrogens with zero attached hydrogens (tertiary/aromatic N) is 2. The Morgan fingerprint density at radius 1 is 1.48 bits per heavy atom. The van der Waals surface area contributed by atoms with E-state index in [1.807, 2.05) is 29.3 Å². The Balaban J connectivity index is 1.51. The second kappa shape index (κ2) is 7.23. The Labute approximate surface area is 143 Å². The van der Waals surface area contributed by atoms with Crippen LogP contribution in [0.2, 0.25) is 0 Å². The number of hydrogen-bond acceptors (Lipinski definition) is 5. The Bertz CT molecular complexity index is 694. The van der Waals surface area contributed by atoms with Gasteiger partial charge in [0, 0.05) is 26.1 Å². The molecule has 7 heteroatoms. The molecular weight excluding hydrogens is 330 g/mol. The lowest BCUT2D eigenvalue weighted by Gasteiger charge is -2.15. The lowest BCUT2D eigenvalue weighted by molar-refractivity contribution is -0.127. The number of nitrogens with one attached hydrogen (secondary N) is 1. The molecule has 0 spiro atoms. The number of carbonyl (C=O) groups excluding carboxylic acids is 2. The maximum Gasteiger partial charge on any atom is 0.263 e. The summed E-state index contributed by atoms with van der Waals surface area (Å²) >= 11 is 3.06. The summed E-state index contributed by atoms with van der Waals surface area (Å²) in [6, 6.07) is 3.99. The Morgan fingerprint density at radius 3 is 3.04 bits per heavy atom. The molecule has 23 heavy (non-hydrogen) atoms. The molecule has 0 saturated carbocycles. The van der Waals surface area contributed by atoms with E-state index in [2.05, 4.69) is 10.3 Å². The van der Waals surface area contributed by atoms with E-state index < -0.39 is 0 Å².